The van der Waals surface area contributed by atoms with Gasteiger partial charge >= 0.3 is 0 Å². The number of carbonyl (C=O) groups is 3. The van der Waals surface area contributed by atoms with Gasteiger partial charge in [-0.25, -0.2) is 0 Å². The number of benzene rings is 2. The number of hydrogen-bond acceptors (Lipinski definition) is 5. The molecule has 0 saturated carbocycles. The monoisotopic (exact) mass is 381 g/mol. The molecular formula is C20H19N3O5. The molecule has 3 N–H and O–H groups in total. The van der Waals surface area contributed by atoms with Gasteiger partial charge in [0.2, 0.25) is 11.8 Å². The van der Waals surface area contributed by atoms with Crippen molar-refractivity contribution in [3.8, 4) is 11.5 Å². The minimum atomic E-state index is -0.954. The van der Waals surface area contributed by atoms with Gasteiger partial charge < -0.3 is 25.4 Å². The van der Waals surface area contributed by atoms with Crippen LogP contribution in [0.25, 0.3) is 0 Å². The fraction of sp³-hybridized carbons (Fsp3) is 0.250. The molecule has 0 fully saturated rings. The lowest BCUT2D eigenvalue weighted by atomic mass is 10.1. The summed E-state index contributed by atoms with van der Waals surface area (Å²) in [6.07, 6.45) is -0.504. The summed E-state index contributed by atoms with van der Waals surface area (Å²) in [7, 11) is 0. The van der Waals surface area contributed by atoms with E-state index in [1.54, 1.807) is 30.3 Å². The third-order valence-electron chi connectivity index (χ3n) is 4.54. The first-order valence-corrected chi connectivity index (χ1v) is 8.96. The van der Waals surface area contributed by atoms with Crippen molar-refractivity contribution < 1.29 is 23.9 Å². The van der Waals surface area contributed by atoms with Gasteiger partial charge in [0, 0.05) is 0 Å². The van der Waals surface area contributed by atoms with E-state index in [2.05, 4.69) is 16.0 Å². The second kappa shape index (κ2) is 7.59. The molecule has 2 aliphatic rings. The molecule has 2 aliphatic heterocycles. The summed E-state index contributed by atoms with van der Waals surface area (Å²) >= 11 is 0. The normalized spacial score (nSPS) is 20.3. The topological polar surface area (TPSA) is 106 Å². The van der Waals surface area contributed by atoms with Crippen molar-refractivity contribution in [2.24, 2.45) is 0 Å². The smallest absolute Gasteiger partial charge is 0.254 e. The molecule has 2 atom stereocenters. The molecule has 8 heteroatoms. The van der Waals surface area contributed by atoms with E-state index in [9.17, 15) is 14.4 Å². The lowest BCUT2D eigenvalue weighted by molar-refractivity contribution is -0.126. The van der Waals surface area contributed by atoms with E-state index in [1.165, 1.54) is 0 Å². The van der Waals surface area contributed by atoms with Gasteiger partial charge in [0.1, 0.15) is 18.8 Å². The average molecular weight is 381 g/mol. The maximum atomic E-state index is 12.4. The number of nitrogens with one attached hydrogen (secondary N) is 3. The van der Waals surface area contributed by atoms with Gasteiger partial charge in [-0.15, -0.1) is 0 Å². The molecule has 0 aliphatic carbocycles. The highest BCUT2D eigenvalue weighted by atomic mass is 16.6. The van der Waals surface area contributed by atoms with Gasteiger partial charge in [-0.05, 0) is 24.3 Å². The second-order valence-corrected chi connectivity index (χ2v) is 6.57. The summed E-state index contributed by atoms with van der Waals surface area (Å²) in [6, 6.07) is 13.1. The summed E-state index contributed by atoms with van der Waals surface area (Å²) < 4.78 is 11.4. The molecule has 28 heavy (non-hydrogen) atoms. The molecule has 1 unspecified atom stereocenters. The second-order valence-electron chi connectivity index (χ2n) is 6.57. The Bertz CT molecular complexity index is 930. The van der Waals surface area contributed by atoms with Crippen molar-refractivity contribution in [1.82, 2.24) is 10.6 Å². The average Bonchev–Trinajstić information content (AvgIpc) is 2.82. The largest absolute Gasteiger partial charge is 0.486 e. The van der Waals surface area contributed by atoms with Crippen LogP contribution < -0.4 is 25.4 Å². The zero-order valence-corrected chi connectivity index (χ0v) is 14.9. The SMILES string of the molecule is O=C(C[C@H]1NC(=O)c2ccccc2NC1=O)NCC1COc2ccccc2O1. The number of para-hydroxylation sites is 3. The number of anilines is 1. The summed E-state index contributed by atoms with van der Waals surface area (Å²) in [5.41, 5.74) is 0.796. The Balaban J connectivity index is 1.32. The molecule has 0 aromatic heterocycles. The van der Waals surface area contributed by atoms with Gasteiger partial charge in [0.05, 0.1) is 24.2 Å². The van der Waals surface area contributed by atoms with Crippen LogP contribution in [0.3, 0.4) is 0 Å². The number of fused-ring (bicyclic) bond motifs is 2. The van der Waals surface area contributed by atoms with Crippen LogP contribution in [0, 0.1) is 0 Å². The van der Waals surface area contributed by atoms with E-state index in [0.29, 0.717) is 29.4 Å². The van der Waals surface area contributed by atoms with Crippen molar-refractivity contribution in [2.45, 2.75) is 18.6 Å². The minimum Gasteiger partial charge on any atom is -0.486 e. The van der Waals surface area contributed by atoms with Crippen LogP contribution in [0.2, 0.25) is 0 Å². The molecule has 0 bridgehead atoms. The zero-order valence-electron chi connectivity index (χ0n) is 14.9. The molecule has 144 valence electrons. The number of amides is 3. The minimum absolute atomic E-state index is 0.171. The van der Waals surface area contributed by atoms with Crippen LogP contribution in [0.1, 0.15) is 16.8 Å². The predicted octanol–water partition coefficient (Wildman–Crippen LogP) is 1.08. The fourth-order valence-corrected chi connectivity index (χ4v) is 3.10. The van der Waals surface area contributed by atoms with Crippen LogP contribution in [-0.2, 0) is 9.59 Å². The Hall–Kier alpha value is -3.55. The first-order chi connectivity index (χ1) is 13.6. The van der Waals surface area contributed by atoms with E-state index in [4.69, 9.17) is 9.47 Å². The van der Waals surface area contributed by atoms with Crippen molar-refractivity contribution in [2.75, 3.05) is 18.5 Å². The predicted molar refractivity (Wildman–Crippen MR) is 100 cm³/mol. The highest BCUT2D eigenvalue weighted by Crippen LogP contribution is 2.30. The maximum Gasteiger partial charge on any atom is 0.254 e. The molecular weight excluding hydrogens is 362 g/mol. The first kappa shape index (κ1) is 17.8. The van der Waals surface area contributed by atoms with Crippen LogP contribution in [0.4, 0.5) is 5.69 Å². The molecule has 0 radical (unpaired) electrons. The zero-order chi connectivity index (χ0) is 19.5. The Morgan fingerprint density at radius 2 is 1.82 bits per heavy atom. The van der Waals surface area contributed by atoms with Crippen LogP contribution in [-0.4, -0.2) is 43.0 Å². The summed E-state index contributed by atoms with van der Waals surface area (Å²) in [6.45, 7) is 0.545. The summed E-state index contributed by atoms with van der Waals surface area (Å²) in [4.78, 5) is 36.9. The van der Waals surface area contributed by atoms with Crippen molar-refractivity contribution >= 4 is 23.4 Å². The lowest BCUT2D eigenvalue weighted by Gasteiger charge is -2.26. The number of ether oxygens (including phenoxy) is 2. The Morgan fingerprint density at radius 3 is 2.68 bits per heavy atom. The van der Waals surface area contributed by atoms with Crippen LogP contribution in [0.5, 0.6) is 11.5 Å². The Morgan fingerprint density at radius 1 is 1.07 bits per heavy atom. The number of rotatable bonds is 4. The summed E-state index contributed by atoms with van der Waals surface area (Å²) in [5, 5.41) is 8.01. The van der Waals surface area contributed by atoms with Gasteiger partial charge in [0.15, 0.2) is 11.5 Å². The highest BCUT2D eigenvalue weighted by molar-refractivity contribution is 6.10. The van der Waals surface area contributed by atoms with Gasteiger partial charge in [-0.2, -0.15) is 0 Å². The van der Waals surface area contributed by atoms with Gasteiger partial charge in [0.25, 0.3) is 5.91 Å². The van der Waals surface area contributed by atoms with E-state index < -0.39 is 17.9 Å². The summed E-state index contributed by atoms with van der Waals surface area (Å²) in [5.74, 6) is 0.101. The molecule has 8 nitrogen and oxygen atoms in total. The molecule has 2 aromatic carbocycles. The first-order valence-electron chi connectivity index (χ1n) is 8.96. The molecule has 4 rings (SSSR count). The standard InChI is InChI=1S/C20H19N3O5/c24-18(21-10-12-11-27-16-7-3-4-8-17(16)28-12)9-15-20(26)22-14-6-2-1-5-13(14)19(25)23-15/h1-8,12,15H,9-11H2,(H,21,24)(H,22,26)(H,23,25)/t12?,15-/m1/s1. The third-order valence-corrected chi connectivity index (χ3v) is 4.54. The van der Waals surface area contributed by atoms with E-state index in [-0.39, 0.29) is 25.0 Å². The molecule has 3 amide bonds. The maximum absolute atomic E-state index is 12.4. The molecule has 0 spiro atoms. The Labute approximate surface area is 161 Å². The quantitative estimate of drug-likeness (QED) is 0.735. The van der Waals surface area contributed by atoms with Crippen molar-refractivity contribution in [3.05, 3.63) is 54.1 Å². The third kappa shape index (κ3) is 3.75. The van der Waals surface area contributed by atoms with Crippen molar-refractivity contribution in [3.63, 3.8) is 0 Å². The van der Waals surface area contributed by atoms with E-state index in [0.717, 1.165) is 0 Å². The van der Waals surface area contributed by atoms with Crippen LogP contribution >= 0.6 is 0 Å². The number of hydrogen-bond donors (Lipinski definition) is 3. The lowest BCUT2D eigenvalue weighted by Crippen LogP contribution is -2.46. The van der Waals surface area contributed by atoms with Gasteiger partial charge in [-0.3, -0.25) is 14.4 Å². The van der Waals surface area contributed by atoms with Gasteiger partial charge in [-0.1, -0.05) is 24.3 Å². The highest BCUT2D eigenvalue weighted by Gasteiger charge is 2.30. The van der Waals surface area contributed by atoms with E-state index >= 15 is 0 Å². The van der Waals surface area contributed by atoms with Crippen LogP contribution in [0.15, 0.2) is 48.5 Å². The molecule has 2 aromatic rings. The Kier molecular flexibility index (Phi) is 4.84. The number of carbonyl (C=O) groups excluding carboxylic acids is 3. The molecule has 2 heterocycles. The van der Waals surface area contributed by atoms with Crippen molar-refractivity contribution in [1.29, 1.82) is 0 Å². The molecule has 0 saturated heterocycles. The fourth-order valence-electron chi connectivity index (χ4n) is 3.10. The van der Waals surface area contributed by atoms with E-state index in [1.807, 2.05) is 18.2 Å².